The first kappa shape index (κ1) is 21.5. The number of anilines is 2. The Hall–Kier alpha value is -3.36. The van der Waals surface area contributed by atoms with Gasteiger partial charge in [-0.1, -0.05) is 11.6 Å². The van der Waals surface area contributed by atoms with Crippen LogP contribution in [0.2, 0.25) is 5.02 Å². The maximum Gasteiger partial charge on any atom is 0.258 e. The molecule has 5 rings (SSSR count). The summed E-state index contributed by atoms with van der Waals surface area (Å²) in [6.07, 6.45) is 2.49. The van der Waals surface area contributed by atoms with E-state index in [1.54, 1.807) is 40.8 Å². The Kier molecular flexibility index (Phi) is 5.78. The van der Waals surface area contributed by atoms with Crippen LogP contribution < -0.4 is 9.62 Å². The van der Waals surface area contributed by atoms with Crippen molar-refractivity contribution in [2.45, 2.75) is 6.42 Å². The van der Waals surface area contributed by atoms with Crippen LogP contribution >= 0.6 is 11.6 Å². The fourth-order valence-electron chi connectivity index (χ4n) is 3.74. The van der Waals surface area contributed by atoms with Crippen molar-refractivity contribution in [1.29, 1.82) is 0 Å². The highest BCUT2D eigenvalue weighted by atomic mass is 35.5. The van der Waals surface area contributed by atoms with E-state index in [0.717, 1.165) is 17.5 Å². The predicted octanol–water partition coefficient (Wildman–Crippen LogP) is 5.22. The molecule has 1 N–H and O–H groups in total. The fraction of sp³-hybridized carbons (Fsp3) is 0.125. The standard InChI is InChI=1S/C24H18ClFN4O2S/c25-19-7-4-15(13-18(19)21-8-9-22-23(29-21)3-1-10-27-22)28-24(31)17-6-5-16(14-20(17)26)30-11-2-12-33(30)32/h1,3-10,13-14H,2,11-12H2,(H,28,31). The van der Waals surface area contributed by atoms with Crippen LogP contribution in [0.1, 0.15) is 16.8 Å². The number of halogens is 2. The second-order valence-electron chi connectivity index (χ2n) is 7.53. The van der Waals surface area contributed by atoms with Gasteiger partial charge in [0.25, 0.3) is 5.91 Å². The maximum atomic E-state index is 14.7. The van der Waals surface area contributed by atoms with Crippen molar-refractivity contribution in [3.8, 4) is 11.3 Å². The first-order chi connectivity index (χ1) is 16.0. The maximum absolute atomic E-state index is 14.7. The summed E-state index contributed by atoms with van der Waals surface area (Å²) in [7, 11) is -1.16. The lowest BCUT2D eigenvalue weighted by atomic mass is 10.1. The number of pyridine rings is 2. The summed E-state index contributed by atoms with van der Waals surface area (Å²) in [5.41, 5.74) is 3.61. The van der Waals surface area contributed by atoms with Crippen LogP contribution in [0.15, 0.2) is 66.9 Å². The first-order valence-corrected chi connectivity index (χ1v) is 11.9. The lowest BCUT2D eigenvalue weighted by molar-refractivity contribution is 0.102. The Morgan fingerprint density at radius 2 is 1.97 bits per heavy atom. The number of hydrogen-bond donors (Lipinski definition) is 1. The van der Waals surface area contributed by atoms with Crippen LogP contribution in [-0.4, -0.2) is 32.4 Å². The fourth-order valence-corrected chi connectivity index (χ4v) is 5.23. The van der Waals surface area contributed by atoms with Crippen LogP contribution in [0.25, 0.3) is 22.3 Å². The predicted molar refractivity (Wildman–Crippen MR) is 129 cm³/mol. The SMILES string of the molecule is O=C(Nc1ccc(Cl)c(-c2ccc3ncccc3n2)c1)c1ccc(N2CCCS2=O)cc1F. The second kappa shape index (κ2) is 8.88. The number of rotatable bonds is 4. The molecule has 1 saturated heterocycles. The zero-order valence-electron chi connectivity index (χ0n) is 17.3. The number of benzene rings is 2. The van der Waals surface area contributed by atoms with Gasteiger partial charge in [0.1, 0.15) is 16.8 Å². The molecule has 0 radical (unpaired) electrons. The quantitative estimate of drug-likeness (QED) is 0.435. The van der Waals surface area contributed by atoms with Crippen molar-refractivity contribution in [3.05, 3.63) is 83.3 Å². The Morgan fingerprint density at radius 1 is 1.09 bits per heavy atom. The number of amides is 1. The van der Waals surface area contributed by atoms with Crippen molar-refractivity contribution >= 4 is 50.9 Å². The third-order valence-electron chi connectivity index (χ3n) is 5.37. The number of carbonyl (C=O) groups is 1. The summed E-state index contributed by atoms with van der Waals surface area (Å²) in [6.45, 7) is 0.601. The molecule has 1 aliphatic rings. The molecule has 0 saturated carbocycles. The van der Waals surface area contributed by atoms with Crippen molar-refractivity contribution in [1.82, 2.24) is 9.97 Å². The van der Waals surface area contributed by atoms with Crippen LogP contribution in [-0.2, 0) is 11.0 Å². The summed E-state index contributed by atoms with van der Waals surface area (Å²) in [5.74, 6) is -0.706. The van der Waals surface area contributed by atoms with Gasteiger partial charge in [-0.15, -0.1) is 0 Å². The molecule has 1 atom stereocenters. The van der Waals surface area contributed by atoms with E-state index in [9.17, 15) is 13.4 Å². The molecule has 33 heavy (non-hydrogen) atoms. The molecule has 0 aliphatic carbocycles. The van der Waals surface area contributed by atoms with E-state index in [4.69, 9.17) is 11.6 Å². The van der Waals surface area contributed by atoms with Gasteiger partial charge in [0.05, 0.1) is 33.0 Å². The zero-order chi connectivity index (χ0) is 22.9. The van der Waals surface area contributed by atoms with Crippen LogP contribution in [0.3, 0.4) is 0 Å². The van der Waals surface area contributed by atoms with Gasteiger partial charge in [-0.3, -0.25) is 14.1 Å². The molecule has 0 spiro atoms. The Labute approximate surface area is 197 Å². The van der Waals surface area contributed by atoms with Gasteiger partial charge in [0.15, 0.2) is 0 Å². The number of nitrogens with one attached hydrogen (secondary N) is 1. The lowest BCUT2D eigenvalue weighted by Gasteiger charge is -2.16. The van der Waals surface area contributed by atoms with Crippen molar-refractivity contribution < 1.29 is 13.4 Å². The molecule has 166 valence electrons. The van der Waals surface area contributed by atoms with Crippen molar-refractivity contribution in [2.75, 3.05) is 21.9 Å². The summed E-state index contributed by atoms with van der Waals surface area (Å²) in [5, 5.41) is 3.19. The number of hydrogen-bond acceptors (Lipinski definition) is 4. The molecule has 1 amide bonds. The van der Waals surface area contributed by atoms with Crippen LogP contribution in [0.5, 0.6) is 0 Å². The Bertz CT molecular complexity index is 1410. The normalized spacial score (nSPS) is 15.7. The van der Waals surface area contributed by atoms with Gasteiger partial charge < -0.3 is 5.32 Å². The molecule has 3 heterocycles. The van der Waals surface area contributed by atoms with Gasteiger partial charge in [-0.05, 0) is 67.1 Å². The number of fused-ring (bicyclic) bond motifs is 1. The van der Waals surface area contributed by atoms with E-state index in [1.165, 1.54) is 12.1 Å². The molecular weight excluding hydrogens is 463 g/mol. The van der Waals surface area contributed by atoms with E-state index in [2.05, 4.69) is 15.3 Å². The Morgan fingerprint density at radius 3 is 2.76 bits per heavy atom. The Balaban J connectivity index is 1.40. The molecular formula is C24H18ClFN4O2S. The highest BCUT2D eigenvalue weighted by Gasteiger charge is 2.22. The monoisotopic (exact) mass is 480 g/mol. The lowest BCUT2D eigenvalue weighted by Crippen LogP contribution is -2.20. The average Bonchev–Trinajstić information content (AvgIpc) is 3.25. The van der Waals surface area contributed by atoms with Crippen LogP contribution in [0.4, 0.5) is 15.8 Å². The van der Waals surface area contributed by atoms with Crippen molar-refractivity contribution in [2.24, 2.45) is 0 Å². The first-order valence-electron chi connectivity index (χ1n) is 10.3. The second-order valence-corrected chi connectivity index (χ2v) is 9.43. The third-order valence-corrected chi connectivity index (χ3v) is 7.22. The van der Waals surface area contributed by atoms with Gasteiger partial charge in [-0.2, -0.15) is 0 Å². The summed E-state index contributed by atoms with van der Waals surface area (Å²) in [6, 6.07) is 16.6. The molecule has 1 fully saturated rings. The average molecular weight is 481 g/mol. The number of nitrogens with zero attached hydrogens (tertiary/aromatic N) is 3. The third kappa shape index (κ3) is 4.31. The molecule has 1 aliphatic heterocycles. The highest BCUT2D eigenvalue weighted by molar-refractivity contribution is 7.86. The molecule has 2 aromatic heterocycles. The van der Waals surface area contributed by atoms with E-state index in [0.29, 0.717) is 40.0 Å². The molecule has 4 aromatic rings. The molecule has 6 nitrogen and oxygen atoms in total. The van der Waals surface area contributed by atoms with Gasteiger partial charge in [0, 0.05) is 29.7 Å². The largest absolute Gasteiger partial charge is 0.322 e. The van der Waals surface area contributed by atoms with Gasteiger partial charge in [0.2, 0.25) is 0 Å². The van der Waals surface area contributed by atoms with Crippen LogP contribution in [0, 0.1) is 5.82 Å². The molecule has 1 unspecified atom stereocenters. The van der Waals surface area contributed by atoms with Gasteiger partial charge >= 0.3 is 0 Å². The molecule has 0 bridgehead atoms. The van der Waals surface area contributed by atoms with Crippen molar-refractivity contribution in [3.63, 3.8) is 0 Å². The topological polar surface area (TPSA) is 75.2 Å². The number of aromatic nitrogens is 2. The zero-order valence-corrected chi connectivity index (χ0v) is 18.9. The minimum Gasteiger partial charge on any atom is -0.322 e. The van der Waals surface area contributed by atoms with E-state index < -0.39 is 22.7 Å². The summed E-state index contributed by atoms with van der Waals surface area (Å²) < 4.78 is 28.4. The minimum atomic E-state index is -1.16. The smallest absolute Gasteiger partial charge is 0.258 e. The van der Waals surface area contributed by atoms with E-state index in [-0.39, 0.29) is 5.56 Å². The minimum absolute atomic E-state index is 0.102. The van der Waals surface area contributed by atoms with E-state index in [1.807, 2.05) is 18.2 Å². The summed E-state index contributed by atoms with van der Waals surface area (Å²) >= 11 is 6.39. The van der Waals surface area contributed by atoms with Gasteiger partial charge in [-0.25, -0.2) is 13.6 Å². The number of carbonyl (C=O) groups excluding carboxylic acids is 1. The summed E-state index contributed by atoms with van der Waals surface area (Å²) in [4.78, 5) is 21.6. The highest BCUT2D eigenvalue weighted by Crippen LogP contribution is 2.31. The van der Waals surface area contributed by atoms with E-state index >= 15 is 0 Å². The molecule has 9 heteroatoms. The molecule has 2 aromatic carbocycles.